The molecule has 3 rings (SSSR count). The number of esters is 1. The number of ketones is 1. The van der Waals surface area contributed by atoms with Crippen LogP contribution in [-0.2, 0) is 9.53 Å². The Kier molecular flexibility index (Phi) is 7.74. The van der Waals surface area contributed by atoms with Gasteiger partial charge in [-0.2, -0.15) is 0 Å². The van der Waals surface area contributed by atoms with Crippen molar-refractivity contribution in [2.75, 3.05) is 13.2 Å². The van der Waals surface area contributed by atoms with E-state index in [-0.39, 0.29) is 18.1 Å². The zero-order valence-corrected chi connectivity index (χ0v) is 17.0. The predicted octanol–water partition coefficient (Wildman–Crippen LogP) is -0.134. The minimum atomic E-state index is -1.55. The van der Waals surface area contributed by atoms with Crippen molar-refractivity contribution in [3.05, 3.63) is 64.7 Å². The second kappa shape index (κ2) is 10.3. The molecular weight excluding hydrogens is 430 g/mol. The molecule has 1 heterocycles. The Balaban J connectivity index is 1.55. The second-order valence-electron chi connectivity index (χ2n) is 6.94. The van der Waals surface area contributed by atoms with Crippen molar-refractivity contribution in [2.45, 2.75) is 30.6 Å². The molecule has 2 aromatic carbocycles. The SMILES string of the molecule is O=C(CN[C@@H]1O[C@H](CO)[C@@H](O)[C@H](O)[C@H]1O)Oc1ccc(C(=O)c2ccccc2Cl)cc1. The molecule has 0 amide bonds. The smallest absolute Gasteiger partial charge is 0.325 e. The van der Waals surface area contributed by atoms with Crippen molar-refractivity contribution in [1.29, 1.82) is 0 Å². The van der Waals surface area contributed by atoms with Gasteiger partial charge in [0.15, 0.2) is 5.78 Å². The number of nitrogens with one attached hydrogen (secondary N) is 1. The number of aliphatic hydroxyl groups excluding tert-OH is 4. The summed E-state index contributed by atoms with van der Waals surface area (Å²) in [6.07, 6.45) is -6.84. The highest BCUT2D eigenvalue weighted by Gasteiger charge is 2.43. The van der Waals surface area contributed by atoms with Gasteiger partial charge in [-0.25, -0.2) is 0 Å². The van der Waals surface area contributed by atoms with Gasteiger partial charge in [-0.3, -0.25) is 14.9 Å². The molecule has 0 saturated carbocycles. The molecule has 0 spiro atoms. The third-order valence-corrected chi connectivity index (χ3v) is 5.14. The van der Waals surface area contributed by atoms with Crippen molar-refractivity contribution in [2.24, 2.45) is 0 Å². The minimum Gasteiger partial charge on any atom is -0.426 e. The summed E-state index contributed by atoms with van der Waals surface area (Å²) >= 11 is 6.04. The Labute approximate surface area is 182 Å². The maximum atomic E-state index is 12.5. The van der Waals surface area contributed by atoms with E-state index < -0.39 is 43.2 Å². The molecule has 31 heavy (non-hydrogen) atoms. The molecule has 1 saturated heterocycles. The summed E-state index contributed by atoms with van der Waals surface area (Å²) in [5.41, 5.74) is 0.727. The van der Waals surface area contributed by atoms with Gasteiger partial charge < -0.3 is 29.9 Å². The normalized spacial score (nSPS) is 25.8. The van der Waals surface area contributed by atoms with E-state index in [1.165, 1.54) is 24.3 Å². The van der Waals surface area contributed by atoms with E-state index in [0.29, 0.717) is 16.1 Å². The lowest BCUT2D eigenvalue weighted by Gasteiger charge is -2.40. The van der Waals surface area contributed by atoms with Crippen LogP contribution in [0, 0.1) is 0 Å². The first-order valence-corrected chi connectivity index (χ1v) is 9.83. The van der Waals surface area contributed by atoms with Crippen LogP contribution in [0.3, 0.4) is 0 Å². The molecule has 0 radical (unpaired) electrons. The average Bonchev–Trinajstić information content (AvgIpc) is 2.77. The molecule has 1 aliphatic heterocycles. The van der Waals surface area contributed by atoms with E-state index in [4.69, 9.17) is 21.1 Å². The van der Waals surface area contributed by atoms with Crippen LogP contribution in [0.5, 0.6) is 5.75 Å². The zero-order valence-electron chi connectivity index (χ0n) is 16.2. The number of benzene rings is 2. The van der Waals surface area contributed by atoms with Crippen LogP contribution >= 0.6 is 11.6 Å². The number of hydrogen-bond acceptors (Lipinski definition) is 9. The predicted molar refractivity (Wildman–Crippen MR) is 109 cm³/mol. The standard InChI is InChI=1S/C21H22ClNO8/c22-14-4-2-1-3-13(14)17(26)11-5-7-12(8-6-11)30-16(25)9-23-21-20(29)19(28)18(27)15(10-24)31-21/h1-8,15,18-21,23-24,27-29H,9-10H2/t15-,18-,19+,20-,21-/m1/s1. The maximum Gasteiger partial charge on any atom is 0.325 e. The maximum absolute atomic E-state index is 12.5. The first-order valence-electron chi connectivity index (χ1n) is 9.45. The van der Waals surface area contributed by atoms with E-state index in [2.05, 4.69) is 5.32 Å². The zero-order chi connectivity index (χ0) is 22.5. The molecule has 2 aromatic rings. The second-order valence-corrected chi connectivity index (χ2v) is 7.35. The van der Waals surface area contributed by atoms with Gasteiger partial charge in [0.1, 0.15) is 36.4 Å². The molecule has 166 valence electrons. The summed E-state index contributed by atoms with van der Waals surface area (Å²) in [5, 5.41) is 41.5. The lowest BCUT2D eigenvalue weighted by Crippen LogP contribution is -2.62. The minimum absolute atomic E-state index is 0.191. The Hall–Kier alpha value is -2.37. The van der Waals surface area contributed by atoms with Crippen LogP contribution in [0.15, 0.2) is 48.5 Å². The lowest BCUT2D eigenvalue weighted by atomic mass is 9.98. The molecule has 0 unspecified atom stereocenters. The third kappa shape index (κ3) is 5.46. The van der Waals surface area contributed by atoms with Crippen molar-refractivity contribution >= 4 is 23.4 Å². The number of aliphatic hydroxyl groups is 4. The summed E-state index contributed by atoms with van der Waals surface area (Å²) in [6.45, 7) is -0.962. The number of carbonyl (C=O) groups excluding carboxylic acids is 2. The molecular formula is C21H22ClNO8. The van der Waals surface area contributed by atoms with Crippen molar-refractivity contribution < 1.29 is 39.5 Å². The van der Waals surface area contributed by atoms with Gasteiger partial charge in [0.2, 0.25) is 0 Å². The van der Waals surface area contributed by atoms with Crippen LogP contribution in [-0.4, -0.2) is 76.0 Å². The summed E-state index contributed by atoms with van der Waals surface area (Å²) in [4.78, 5) is 24.6. The van der Waals surface area contributed by atoms with Crippen LogP contribution in [0.25, 0.3) is 0 Å². The van der Waals surface area contributed by atoms with Crippen molar-refractivity contribution in [3.8, 4) is 5.75 Å². The fraction of sp³-hybridized carbons (Fsp3) is 0.333. The highest BCUT2D eigenvalue weighted by Crippen LogP contribution is 2.22. The van der Waals surface area contributed by atoms with Crippen molar-refractivity contribution in [3.63, 3.8) is 0 Å². The molecule has 5 N–H and O–H groups in total. The topological polar surface area (TPSA) is 146 Å². The molecule has 9 nitrogen and oxygen atoms in total. The van der Waals surface area contributed by atoms with E-state index in [9.17, 15) is 30.0 Å². The fourth-order valence-electron chi connectivity index (χ4n) is 3.10. The fourth-order valence-corrected chi connectivity index (χ4v) is 3.32. The molecule has 5 atom stereocenters. The third-order valence-electron chi connectivity index (χ3n) is 4.81. The molecule has 0 aromatic heterocycles. The van der Waals surface area contributed by atoms with Crippen LogP contribution in [0.2, 0.25) is 5.02 Å². The van der Waals surface area contributed by atoms with Crippen LogP contribution < -0.4 is 10.1 Å². The largest absolute Gasteiger partial charge is 0.426 e. The van der Waals surface area contributed by atoms with Gasteiger partial charge in [0.05, 0.1) is 18.2 Å². The molecule has 10 heteroatoms. The van der Waals surface area contributed by atoms with Crippen molar-refractivity contribution in [1.82, 2.24) is 5.32 Å². The Morgan fingerprint density at radius 1 is 1.00 bits per heavy atom. The van der Waals surface area contributed by atoms with E-state index in [1.807, 2.05) is 0 Å². The van der Waals surface area contributed by atoms with Crippen LogP contribution in [0.1, 0.15) is 15.9 Å². The van der Waals surface area contributed by atoms with Gasteiger partial charge in [-0.05, 0) is 36.4 Å². The van der Waals surface area contributed by atoms with Gasteiger partial charge >= 0.3 is 5.97 Å². The Morgan fingerprint density at radius 3 is 2.32 bits per heavy atom. The molecule has 1 aliphatic rings. The first kappa shape index (κ1) is 23.3. The van der Waals surface area contributed by atoms with Gasteiger partial charge in [0, 0.05) is 11.1 Å². The summed E-state index contributed by atoms with van der Waals surface area (Å²) in [6, 6.07) is 12.6. The average molecular weight is 452 g/mol. The van der Waals surface area contributed by atoms with Gasteiger partial charge in [-0.1, -0.05) is 23.7 Å². The Morgan fingerprint density at radius 2 is 1.68 bits per heavy atom. The van der Waals surface area contributed by atoms with Gasteiger partial charge in [0.25, 0.3) is 0 Å². The number of ether oxygens (including phenoxy) is 2. The lowest BCUT2D eigenvalue weighted by molar-refractivity contribution is -0.236. The summed E-state index contributed by atoms with van der Waals surface area (Å²) in [5.74, 6) is -0.800. The molecule has 1 fully saturated rings. The monoisotopic (exact) mass is 451 g/mol. The van der Waals surface area contributed by atoms with E-state index in [1.54, 1.807) is 24.3 Å². The summed E-state index contributed by atoms with van der Waals surface area (Å²) < 4.78 is 10.4. The number of halogens is 1. The molecule has 0 aliphatic carbocycles. The highest BCUT2D eigenvalue weighted by atomic mass is 35.5. The Bertz CT molecular complexity index is 920. The quantitative estimate of drug-likeness (QED) is 0.220. The molecule has 0 bridgehead atoms. The number of carbonyl (C=O) groups is 2. The highest BCUT2D eigenvalue weighted by molar-refractivity contribution is 6.34. The number of rotatable bonds is 7. The van der Waals surface area contributed by atoms with Gasteiger partial charge in [-0.15, -0.1) is 0 Å². The number of hydrogen-bond donors (Lipinski definition) is 5. The van der Waals surface area contributed by atoms with Crippen LogP contribution in [0.4, 0.5) is 0 Å². The van der Waals surface area contributed by atoms with E-state index in [0.717, 1.165) is 0 Å². The first-order chi connectivity index (χ1) is 14.8. The summed E-state index contributed by atoms with van der Waals surface area (Å²) in [7, 11) is 0. The van der Waals surface area contributed by atoms with E-state index >= 15 is 0 Å².